The second kappa shape index (κ2) is 9.00. The van der Waals surface area contributed by atoms with Crippen molar-refractivity contribution in [1.82, 2.24) is 5.32 Å². The highest BCUT2D eigenvalue weighted by Crippen LogP contribution is 2.17. The quantitative estimate of drug-likeness (QED) is 0.610. The number of carbonyl (C=O) groups excluding carboxylic acids is 1. The summed E-state index contributed by atoms with van der Waals surface area (Å²) < 4.78 is 4.63. The molecule has 3 nitrogen and oxygen atoms in total. The molecule has 84 valence electrons. The van der Waals surface area contributed by atoms with E-state index in [1.807, 2.05) is 7.05 Å². The highest BCUT2D eigenvalue weighted by Gasteiger charge is 2.10. The largest absolute Gasteiger partial charge is 0.469 e. The Morgan fingerprint density at radius 1 is 1.36 bits per heavy atom. The van der Waals surface area contributed by atoms with Gasteiger partial charge in [-0.2, -0.15) is 0 Å². The molecule has 14 heavy (non-hydrogen) atoms. The molecule has 3 heteroatoms. The predicted octanol–water partition coefficient (Wildman–Crippen LogP) is 1.97. The summed E-state index contributed by atoms with van der Waals surface area (Å²) in [4.78, 5) is 11.0. The molecule has 0 bridgehead atoms. The second-order valence-corrected chi connectivity index (χ2v) is 3.66. The van der Waals surface area contributed by atoms with Gasteiger partial charge in [-0.05, 0) is 32.4 Å². The molecule has 0 fully saturated rings. The number of hydrogen-bond donors (Lipinski definition) is 1. The predicted molar refractivity (Wildman–Crippen MR) is 58.2 cm³/mol. The van der Waals surface area contributed by atoms with Gasteiger partial charge >= 0.3 is 5.97 Å². The Balaban J connectivity index is 3.66. The summed E-state index contributed by atoms with van der Waals surface area (Å²) in [6, 6.07) is 0. The second-order valence-electron chi connectivity index (χ2n) is 3.66. The molecule has 0 saturated carbocycles. The van der Waals surface area contributed by atoms with E-state index in [1.54, 1.807) is 0 Å². The average Bonchev–Trinajstić information content (AvgIpc) is 2.21. The van der Waals surface area contributed by atoms with Crippen molar-refractivity contribution < 1.29 is 9.53 Å². The lowest BCUT2D eigenvalue weighted by Gasteiger charge is -2.14. The van der Waals surface area contributed by atoms with Crippen molar-refractivity contribution in [3.63, 3.8) is 0 Å². The van der Waals surface area contributed by atoms with Crippen molar-refractivity contribution in [2.75, 3.05) is 20.7 Å². The fourth-order valence-electron chi connectivity index (χ4n) is 1.61. The minimum atomic E-state index is -0.0874. The van der Waals surface area contributed by atoms with E-state index in [-0.39, 0.29) is 5.97 Å². The molecule has 1 unspecified atom stereocenters. The first kappa shape index (κ1) is 13.4. The fraction of sp³-hybridized carbons (Fsp3) is 0.909. The van der Waals surface area contributed by atoms with E-state index in [4.69, 9.17) is 0 Å². The van der Waals surface area contributed by atoms with Crippen LogP contribution in [0, 0.1) is 5.92 Å². The molecule has 1 atom stereocenters. The van der Waals surface area contributed by atoms with Crippen LogP contribution in [0.3, 0.4) is 0 Å². The van der Waals surface area contributed by atoms with Gasteiger partial charge in [0.1, 0.15) is 0 Å². The van der Waals surface area contributed by atoms with Gasteiger partial charge < -0.3 is 10.1 Å². The Kier molecular flexibility index (Phi) is 8.64. The first-order chi connectivity index (χ1) is 6.74. The molecule has 0 aliphatic rings. The Hall–Kier alpha value is -0.570. The summed E-state index contributed by atoms with van der Waals surface area (Å²) in [5.74, 6) is 0.571. The topological polar surface area (TPSA) is 38.3 Å². The minimum Gasteiger partial charge on any atom is -0.469 e. The SMILES string of the molecule is CCCC(CCNC)CCC(=O)OC. The zero-order valence-electron chi connectivity index (χ0n) is 9.64. The smallest absolute Gasteiger partial charge is 0.305 e. The molecule has 0 aromatic carbocycles. The van der Waals surface area contributed by atoms with Crippen molar-refractivity contribution in [1.29, 1.82) is 0 Å². The molecule has 0 aliphatic carbocycles. The number of methoxy groups -OCH3 is 1. The molecule has 0 aliphatic heterocycles. The molecule has 0 saturated heterocycles. The number of hydrogen-bond acceptors (Lipinski definition) is 3. The van der Waals surface area contributed by atoms with Crippen LogP contribution in [0.15, 0.2) is 0 Å². The van der Waals surface area contributed by atoms with E-state index in [9.17, 15) is 4.79 Å². The monoisotopic (exact) mass is 201 g/mol. The van der Waals surface area contributed by atoms with Crippen LogP contribution < -0.4 is 5.32 Å². The number of carbonyl (C=O) groups is 1. The van der Waals surface area contributed by atoms with Crippen molar-refractivity contribution in [2.45, 2.75) is 39.0 Å². The molecular weight excluding hydrogens is 178 g/mol. The van der Waals surface area contributed by atoms with Gasteiger partial charge in [0.2, 0.25) is 0 Å². The third kappa shape index (κ3) is 6.89. The van der Waals surface area contributed by atoms with Crippen LogP contribution in [0.25, 0.3) is 0 Å². The highest BCUT2D eigenvalue weighted by atomic mass is 16.5. The normalized spacial score (nSPS) is 12.5. The third-order valence-corrected chi connectivity index (χ3v) is 2.48. The Morgan fingerprint density at radius 3 is 2.57 bits per heavy atom. The summed E-state index contributed by atoms with van der Waals surface area (Å²) in [6.45, 7) is 3.22. The molecule has 0 radical (unpaired) electrons. The van der Waals surface area contributed by atoms with E-state index in [1.165, 1.54) is 20.0 Å². The summed E-state index contributed by atoms with van der Waals surface area (Å²) in [5.41, 5.74) is 0. The molecule has 1 N–H and O–H groups in total. The van der Waals surface area contributed by atoms with E-state index in [2.05, 4.69) is 17.0 Å². The summed E-state index contributed by atoms with van der Waals surface area (Å²) in [6.07, 6.45) is 5.07. The van der Waals surface area contributed by atoms with Gasteiger partial charge in [-0.25, -0.2) is 0 Å². The summed E-state index contributed by atoms with van der Waals surface area (Å²) in [5, 5.41) is 3.14. The Labute approximate surface area is 87.2 Å². The number of rotatable bonds is 8. The fourth-order valence-corrected chi connectivity index (χ4v) is 1.61. The van der Waals surface area contributed by atoms with Crippen LogP contribution in [-0.4, -0.2) is 26.7 Å². The minimum absolute atomic E-state index is 0.0874. The van der Waals surface area contributed by atoms with Gasteiger partial charge in [0, 0.05) is 6.42 Å². The number of nitrogens with one attached hydrogen (secondary N) is 1. The van der Waals surface area contributed by atoms with Gasteiger partial charge in [-0.15, -0.1) is 0 Å². The first-order valence-electron chi connectivity index (χ1n) is 5.46. The van der Waals surface area contributed by atoms with Crippen LogP contribution >= 0.6 is 0 Å². The van der Waals surface area contributed by atoms with Crippen molar-refractivity contribution in [3.05, 3.63) is 0 Å². The molecular formula is C11H23NO2. The van der Waals surface area contributed by atoms with Crippen LogP contribution in [0.1, 0.15) is 39.0 Å². The zero-order valence-corrected chi connectivity index (χ0v) is 9.64. The molecule has 0 heterocycles. The maximum Gasteiger partial charge on any atom is 0.305 e. The first-order valence-corrected chi connectivity index (χ1v) is 5.46. The lowest BCUT2D eigenvalue weighted by atomic mass is 9.94. The standard InChI is InChI=1S/C11H23NO2/c1-4-5-10(8-9-12-2)6-7-11(13)14-3/h10,12H,4-9H2,1-3H3. The lowest BCUT2D eigenvalue weighted by Crippen LogP contribution is -2.14. The van der Waals surface area contributed by atoms with Crippen molar-refractivity contribution >= 4 is 5.97 Å². The molecule has 0 amide bonds. The van der Waals surface area contributed by atoms with Crippen LogP contribution in [0.5, 0.6) is 0 Å². The van der Waals surface area contributed by atoms with Gasteiger partial charge in [-0.1, -0.05) is 19.8 Å². The summed E-state index contributed by atoms with van der Waals surface area (Å²) in [7, 11) is 3.41. The average molecular weight is 201 g/mol. The van der Waals surface area contributed by atoms with Crippen LogP contribution in [0.4, 0.5) is 0 Å². The van der Waals surface area contributed by atoms with Gasteiger partial charge in [0.25, 0.3) is 0 Å². The summed E-state index contributed by atoms with van der Waals surface area (Å²) >= 11 is 0. The number of esters is 1. The maximum absolute atomic E-state index is 11.0. The molecule has 0 spiro atoms. The van der Waals surface area contributed by atoms with E-state index in [0.29, 0.717) is 12.3 Å². The Bertz CT molecular complexity index is 148. The number of ether oxygens (including phenoxy) is 1. The molecule has 0 rings (SSSR count). The van der Waals surface area contributed by atoms with Gasteiger partial charge in [0.05, 0.1) is 7.11 Å². The van der Waals surface area contributed by atoms with Crippen molar-refractivity contribution in [3.8, 4) is 0 Å². The maximum atomic E-state index is 11.0. The highest BCUT2D eigenvalue weighted by molar-refractivity contribution is 5.69. The third-order valence-electron chi connectivity index (χ3n) is 2.48. The Morgan fingerprint density at radius 2 is 2.07 bits per heavy atom. The van der Waals surface area contributed by atoms with Crippen LogP contribution in [-0.2, 0) is 9.53 Å². The zero-order chi connectivity index (χ0) is 10.8. The van der Waals surface area contributed by atoms with Crippen molar-refractivity contribution in [2.24, 2.45) is 5.92 Å². The van der Waals surface area contributed by atoms with E-state index >= 15 is 0 Å². The van der Waals surface area contributed by atoms with Gasteiger partial charge in [-0.3, -0.25) is 4.79 Å². The molecule has 0 aromatic heterocycles. The molecule has 0 aromatic rings. The van der Waals surface area contributed by atoms with E-state index < -0.39 is 0 Å². The van der Waals surface area contributed by atoms with E-state index in [0.717, 1.165) is 19.4 Å². The lowest BCUT2D eigenvalue weighted by molar-refractivity contribution is -0.140. The van der Waals surface area contributed by atoms with Gasteiger partial charge in [0.15, 0.2) is 0 Å². The van der Waals surface area contributed by atoms with Crippen LogP contribution in [0.2, 0.25) is 0 Å².